The number of aliphatic carboxylic acids is 1. The summed E-state index contributed by atoms with van der Waals surface area (Å²) in [6.45, 7) is 10.0. The lowest BCUT2D eigenvalue weighted by molar-refractivity contribution is -0.144. The van der Waals surface area contributed by atoms with Crippen LogP contribution in [0.1, 0.15) is 64.9 Å². The maximum absolute atomic E-state index is 13.5. The highest BCUT2D eigenvalue weighted by Crippen LogP contribution is 2.48. The number of fused-ring (bicyclic) bond motifs is 1. The van der Waals surface area contributed by atoms with Crippen molar-refractivity contribution in [2.45, 2.75) is 65.3 Å². The lowest BCUT2D eigenvalue weighted by atomic mass is 9.77. The average molecular weight is 533 g/mol. The van der Waals surface area contributed by atoms with Crippen molar-refractivity contribution >= 4 is 11.9 Å². The molecule has 9 heteroatoms. The molecule has 38 heavy (non-hydrogen) atoms. The molecule has 0 spiro atoms. The molecule has 1 aromatic carbocycles. The van der Waals surface area contributed by atoms with Gasteiger partial charge >= 0.3 is 5.97 Å². The van der Waals surface area contributed by atoms with E-state index in [4.69, 9.17) is 14.2 Å². The number of carbonyl (C=O) groups excluding carboxylic acids is 1. The lowest BCUT2D eigenvalue weighted by Crippen LogP contribution is -2.46. The molecule has 2 aliphatic rings. The number of carboxylic acids is 1. The normalized spacial score (nSPS) is 21.3. The van der Waals surface area contributed by atoms with Gasteiger partial charge in [-0.05, 0) is 49.3 Å². The number of unbranched alkanes of at least 4 members (excludes halogenated alkanes) is 1. The molecule has 3 atom stereocenters. The quantitative estimate of drug-likeness (QED) is 0.348. The van der Waals surface area contributed by atoms with E-state index in [1.54, 1.807) is 12.0 Å². The maximum Gasteiger partial charge on any atom is 0.308 e. The van der Waals surface area contributed by atoms with E-state index in [2.05, 4.69) is 26.8 Å². The standard InChI is InChI=1S/C29H44N2O7/c1-6-8-11-30(12-9-13-32)25(33)18-31-17-21(20-14-23(36-5)27-24(15-20)37-19-38-27)26(28(34)35)22(31)16-29(3,4)10-7-2/h7,10,14-15,21-22,26,32H,6,8-9,11-13,16-19H2,1-5H3,(H,34,35)/b10-7+. The second-order valence-corrected chi connectivity index (χ2v) is 10.9. The Morgan fingerprint density at radius 2 is 1.97 bits per heavy atom. The van der Waals surface area contributed by atoms with E-state index in [1.165, 1.54) is 0 Å². The minimum absolute atomic E-state index is 0.0227. The summed E-state index contributed by atoms with van der Waals surface area (Å²) < 4.78 is 16.7. The van der Waals surface area contributed by atoms with Gasteiger partial charge in [-0.3, -0.25) is 14.5 Å². The van der Waals surface area contributed by atoms with Gasteiger partial charge in [-0.1, -0.05) is 39.3 Å². The van der Waals surface area contributed by atoms with Crippen molar-refractivity contribution in [1.82, 2.24) is 9.80 Å². The zero-order chi connectivity index (χ0) is 27.9. The highest BCUT2D eigenvalue weighted by Gasteiger charge is 2.49. The smallest absolute Gasteiger partial charge is 0.308 e. The zero-order valence-electron chi connectivity index (χ0n) is 23.4. The minimum atomic E-state index is -0.883. The van der Waals surface area contributed by atoms with Crippen LogP contribution in [-0.2, 0) is 9.59 Å². The Kier molecular flexibility index (Phi) is 10.4. The van der Waals surface area contributed by atoms with E-state index in [9.17, 15) is 19.8 Å². The van der Waals surface area contributed by atoms with Crippen LogP contribution in [0.3, 0.4) is 0 Å². The highest BCUT2D eigenvalue weighted by molar-refractivity contribution is 5.79. The topological polar surface area (TPSA) is 109 Å². The maximum atomic E-state index is 13.5. The first-order valence-electron chi connectivity index (χ1n) is 13.6. The number of aliphatic hydroxyl groups is 1. The van der Waals surface area contributed by atoms with Crippen molar-refractivity contribution in [3.63, 3.8) is 0 Å². The fourth-order valence-corrected chi connectivity index (χ4v) is 5.75. The minimum Gasteiger partial charge on any atom is -0.493 e. The van der Waals surface area contributed by atoms with Crippen molar-refractivity contribution < 1.29 is 34.0 Å². The number of benzene rings is 1. The number of carbonyl (C=O) groups is 2. The second-order valence-electron chi connectivity index (χ2n) is 10.9. The monoisotopic (exact) mass is 532 g/mol. The Labute approximate surface area is 226 Å². The molecule has 0 bridgehead atoms. The Balaban J connectivity index is 1.97. The van der Waals surface area contributed by atoms with Crippen molar-refractivity contribution in [2.75, 3.05) is 46.7 Å². The third kappa shape index (κ3) is 6.99. The summed E-state index contributed by atoms with van der Waals surface area (Å²) in [6.07, 6.45) is 7.03. The molecule has 3 rings (SSSR count). The third-order valence-corrected chi connectivity index (χ3v) is 7.55. The fraction of sp³-hybridized carbons (Fsp3) is 0.655. The molecule has 2 heterocycles. The summed E-state index contributed by atoms with van der Waals surface area (Å²) in [5.74, 6) is -0.433. The summed E-state index contributed by atoms with van der Waals surface area (Å²) in [5, 5.41) is 19.8. The van der Waals surface area contributed by atoms with Crippen LogP contribution in [-0.4, -0.2) is 84.6 Å². The van der Waals surface area contributed by atoms with E-state index in [-0.39, 0.29) is 43.2 Å². The summed E-state index contributed by atoms with van der Waals surface area (Å²) in [5.41, 5.74) is 0.541. The Morgan fingerprint density at radius 3 is 2.61 bits per heavy atom. The van der Waals surface area contributed by atoms with Crippen LogP contribution in [0.25, 0.3) is 0 Å². The number of rotatable bonds is 14. The molecular weight excluding hydrogens is 488 g/mol. The molecule has 1 saturated heterocycles. The van der Waals surface area contributed by atoms with Gasteiger partial charge in [0.15, 0.2) is 11.5 Å². The fourth-order valence-electron chi connectivity index (χ4n) is 5.75. The van der Waals surface area contributed by atoms with Crippen LogP contribution < -0.4 is 14.2 Å². The molecule has 1 aromatic rings. The van der Waals surface area contributed by atoms with Gasteiger partial charge in [0, 0.05) is 38.2 Å². The van der Waals surface area contributed by atoms with Crippen LogP contribution in [0.4, 0.5) is 0 Å². The van der Waals surface area contributed by atoms with Crippen molar-refractivity contribution in [3.8, 4) is 17.2 Å². The van der Waals surface area contributed by atoms with E-state index < -0.39 is 11.9 Å². The number of methoxy groups -OCH3 is 1. The molecule has 0 radical (unpaired) electrons. The molecule has 1 fully saturated rings. The van der Waals surface area contributed by atoms with Gasteiger partial charge in [-0.15, -0.1) is 0 Å². The summed E-state index contributed by atoms with van der Waals surface area (Å²) in [6, 6.07) is 3.33. The first-order valence-corrected chi connectivity index (χ1v) is 13.6. The molecule has 0 aromatic heterocycles. The molecule has 2 aliphatic heterocycles. The van der Waals surface area contributed by atoms with Gasteiger partial charge in [0.1, 0.15) is 0 Å². The summed E-state index contributed by atoms with van der Waals surface area (Å²) >= 11 is 0. The average Bonchev–Trinajstić information content (AvgIpc) is 3.48. The van der Waals surface area contributed by atoms with E-state index in [0.29, 0.717) is 49.7 Å². The number of ether oxygens (including phenoxy) is 3. The molecule has 212 valence electrons. The van der Waals surface area contributed by atoms with Crippen LogP contribution in [0.15, 0.2) is 24.3 Å². The Bertz CT molecular complexity index is 985. The predicted molar refractivity (Wildman–Crippen MR) is 145 cm³/mol. The van der Waals surface area contributed by atoms with E-state index in [0.717, 1.165) is 18.4 Å². The lowest BCUT2D eigenvalue weighted by Gasteiger charge is -2.34. The number of aliphatic hydroxyl groups excluding tert-OH is 1. The molecule has 0 aliphatic carbocycles. The van der Waals surface area contributed by atoms with E-state index in [1.807, 2.05) is 30.0 Å². The second kappa shape index (κ2) is 13.3. The number of hydrogen-bond donors (Lipinski definition) is 2. The number of amides is 1. The van der Waals surface area contributed by atoms with Crippen molar-refractivity contribution in [3.05, 3.63) is 29.8 Å². The number of carboxylic acid groups (broad SMARTS) is 1. The van der Waals surface area contributed by atoms with Gasteiger partial charge in [0.2, 0.25) is 18.4 Å². The largest absolute Gasteiger partial charge is 0.493 e. The number of likely N-dealkylation sites (tertiary alicyclic amines) is 1. The van der Waals surface area contributed by atoms with Crippen LogP contribution in [0, 0.1) is 11.3 Å². The number of allylic oxidation sites excluding steroid dienone is 2. The molecule has 0 saturated carbocycles. The summed E-state index contributed by atoms with van der Waals surface area (Å²) in [4.78, 5) is 30.2. The van der Waals surface area contributed by atoms with Crippen LogP contribution >= 0.6 is 0 Å². The first kappa shape index (κ1) is 29.8. The van der Waals surface area contributed by atoms with Gasteiger partial charge in [0.25, 0.3) is 0 Å². The number of nitrogens with zero attached hydrogens (tertiary/aromatic N) is 2. The molecule has 9 nitrogen and oxygen atoms in total. The number of hydrogen-bond acceptors (Lipinski definition) is 7. The predicted octanol–water partition coefficient (Wildman–Crippen LogP) is 3.90. The van der Waals surface area contributed by atoms with Crippen LogP contribution in [0.2, 0.25) is 0 Å². The molecule has 3 unspecified atom stereocenters. The molecule has 2 N–H and O–H groups in total. The van der Waals surface area contributed by atoms with Gasteiger partial charge in [-0.25, -0.2) is 0 Å². The third-order valence-electron chi connectivity index (χ3n) is 7.55. The van der Waals surface area contributed by atoms with Gasteiger partial charge < -0.3 is 29.3 Å². The first-order chi connectivity index (χ1) is 18.1. The molecule has 1 amide bonds. The SMILES string of the molecule is C/C=C/C(C)(C)CC1C(C(=O)O)C(c2cc(OC)c3c(c2)OCO3)CN1CC(=O)N(CCCC)CCCO. The summed E-state index contributed by atoms with van der Waals surface area (Å²) in [7, 11) is 1.55. The Morgan fingerprint density at radius 1 is 1.24 bits per heavy atom. The van der Waals surface area contributed by atoms with Crippen molar-refractivity contribution in [1.29, 1.82) is 0 Å². The van der Waals surface area contributed by atoms with Gasteiger partial charge in [-0.2, -0.15) is 0 Å². The Hall–Kier alpha value is -2.78. The van der Waals surface area contributed by atoms with E-state index >= 15 is 0 Å². The van der Waals surface area contributed by atoms with Crippen molar-refractivity contribution in [2.24, 2.45) is 11.3 Å². The molecular formula is C29H44N2O7. The van der Waals surface area contributed by atoms with Crippen LogP contribution in [0.5, 0.6) is 17.2 Å². The highest BCUT2D eigenvalue weighted by atomic mass is 16.7. The zero-order valence-corrected chi connectivity index (χ0v) is 23.4. The van der Waals surface area contributed by atoms with Gasteiger partial charge in [0.05, 0.1) is 19.6 Å².